The number of hydrogen-bond donors (Lipinski definition) is 3. The predicted octanol–water partition coefficient (Wildman–Crippen LogP) is -0.803. The summed E-state index contributed by atoms with van der Waals surface area (Å²) in [4.78, 5) is 18.0. The largest absolute Gasteiger partial charge is 0.393 e. The van der Waals surface area contributed by atoms with Gasteiger partial charge in [0.25, 0.3) is 5.56 Å². The fraction of sp³-hybridized carbons (Fsp3) is 0.583. The Balaban J connectivity index is 2.11. The van der Waals surface area contributed by atoms with Crippen molar-refractivity contribution in [3.8, 4) is 0 Å². The maximum Gasteiger partial charge on any atom is 0.294 e. The number of nitrogens with zero attached hydrogens (tertiary/aromatic N) is 3. The van der Waals surface area contributed by atoms with Gasteiger partial charge in [-0.3, -0.25) is 4.79 Å². The van der Waals surface area contributed by atoms with Crippen LogP contribution in [-0.4, -0.2) is 61.0 Å². The zero-order valence-corrected chi connectivity index (χ0v) is 11.5. The Morgan fingerprint density at radius 2 is 2.32 bits per heavy atom. The summed E-state index contributed by atoms with van der Waals surface area (Å²) < 4.78 is 33.8. The zero-order valence-electron chi connectivity index (χ0n) is 11.5. The Labute approximate surface area is 122 Å². The summed E-state index contributed by atoms with van der Waals surface area (Å²) >= 11 is 0. The average molecular weight is 316 g/mol. The molecule has 3 heterocycles. The van der Waals surface area contributed by atoms with Crippen LogP contribution in [0.2, 0.25) is 0 Å². The van der Waals surface area contributed by atoms with Gasteiger partial charge in [-0.1, -0.05) is 0 Å². The molecule has 3 N–H and O–H groups in total. The summed E-state index contributed by atoms with van der Waals surface area (Å²) in [5, 5.41) is 23.1. The first-order chi connectivity index (χ1) is 10.4. The molecule has 2 aromatic heterocycles. The lowest BCUT2D eigenvalue weighted by Gasteiger charge is -2.25. The Hall–Kier alpha value is -1.91. The third kappa shape index (κ3) is 1.95. The average Bonchev–Trinajstić information content (AvgIpc) is 3.01. The van der Waals surface area contributed by atoms with E-state index in [0.29, 0.717) is 0 Å². The number of alkyl halides is 2. The lowest BCUT2D eigenvalue weighted by molar-refractivity contribution is -0.123. The second-order valence-electron chi connectivity index (χ2n) is 5.24. The lowest BCUT2D eigenvalue weighted by Crippen LogP contribution is -2.47. The van der Waals surface area contributed by atoms with Gasteiger partial charge in [0.2, 0.25) is 5.65 Å². The van der Waals surface area contributed by atoms with Crippen molar-refractivity contribution in [1.29, 1.82) is 0 Å². The van der Waals surface area contributed by atoms with Crippen LogP contribution in [0, 0.1) is 6.92 Å². The Kier molecular flexibility index (Phi) is 3.46. The maximum absolute atomic E-state index is 14.3. The summed E-state index contributed by atoms with van der Waals surface area (Å²) in [6, 6.07) is 0. The molecular formula is C12H14F2N4O4. The van der Waals surface area contributed by atoms with Gasteiger partial charge in [-0.25, -0.2) is 18.3 Å². The molecule has 10 heteroatoms. The molecule has 4 atom stereocenters. The van der Waals surface area contributed by atoms with Crippen molar-refractivity contribution < 1.29 is 23.7 Å². The van der Waals surface area contributed by atoms with Gasteiger partial charge in [0.15, 0.2) is 6.17 Å². The van der Waals surface area contributed by atoms with Crippen LogP contribution in [0.25, 0.3) is 5.65 Å². The standard InChI is InChI=1S/C12H14F2N4O4/c1-5-16-11(21)10-15-2-6(18(10)17-5)8-7(14)9(20)12(3-13,4-19)22-8/h2,7-9,19-20H,3-4H2,1H3,(H,16,17,21)/t7-,8-,9-,12+/m0/s1. The molecule has 22 heavy (non-hydrogen) atoms. The second-order valence-corrected chi connectivity index (χ2v) is 5.24. The number of ether oxygens (including phenoxy) is 1. The van der Waals surface area contributed by atoms with Gasteiger partial charge < -0.3 is 19.9 Å². The molecule has 0 radical (unpaired) electrons. The topological polar surface area (TPSA) is 113 Å². The number of aliphatic hydroxyl groups is 2. The van der Waals surface area contributed by atoms with Crippen LogP contribution in [0.4, 0.5) is 8.78 Å². The minimum absolute atomic E-state index is 0.0551. The quantitative estimate of drug-likeness (QED) is 0.683. The van der Waals surface area contributed by atoms with Gasteiger partial charge in [-0.15, -0.1) is 0 Å². The SMILES string of the molecule is Cc1nn2c([C@@H]3O[C@@](CO)(CF)[C@@H](O)[C@H]3F)cnc2c(=O)[nH]1. The number of halogens is 2. The molecule has 120 valence electrons. The van der Waals surface area contributed by atoms with E-state index in [1.807, 2.05) is 0 Å². The molecule has 1 saturated heterocycles. The number of aromatic amines is 1. The van der Waals surface area contributed by atoms with Crippen molar-refractivity contribution in [2.24, 2.45) is 0 Å². The summed E-state index contributed by atoms with van der Waals surface area (Å²) in [6.45, 7) is -0.613. The van der Waals surface area contributed by atoms with E-state index < -0.39 is 42.8 Å². The first-order valence-corrected chi connectivity index (χ1v) is 6.55. The van der Waals surface area contributed by atoms with Crippen LogP contribution in [0.1, 0.15) is 17.6 Å². The van der Waals surface area contributed by atoms with E-state index in [9.17, 15) is 23.8 Å². The van der Waals surface area contributed by atoms with E-state index in [2.05, 4.69) is 15.1 Å². The highest BCUT2D eigenvalue weighted by Gasteiger charge is 2.56. The normalized spacial score (nSPS) is 32.0. The van der Waals surface area contributed by atoms with E-state index >= 15 is 0 Å². The number of fused-ring (bicyclic) bond motifs is 1. The molecule has 2 aromatic rings. The van der Waals surface area contributed by atoms with Crippen molar-refractivity contribution in [2.45, 2.75) is 30.9 Å². The van der Waals surface area contributed by atoms with Crippen LogP contribution in [0.15, 0.2) is 11.0 Å². The van der Waals surface area contributed by atoms with Crippen LogP contribution < -0.4 is 5.56 Å². The first kappa shape index (κ1) is 15.0. The fourth-order valence-electron chi connectivity index (χ4n) is 2.56. The molecule has 0 saturated carbocycles. The van der Waals surface area contributed by atoms with Crippen molar-refractivity contribution in [3.05, 3.63) is 28.1 Å². The summed E-state index contributed by atoms with van der Waals surface area (Å²) in [5.74, 6) is 0.268. The highest BCUT2D eigenvalue weighted by atomic mass is 19.1. The van der Waals surface area contributed by atoms with Crippen molar-refractivity contribution >= 4 is 5.65 Å². The number of rotatable bonds is 3. The predicted molar refractivity (Wildman–Crippen MR) is 68.9 cm³/mol. The number of hydrogen-bond acceptors (Lipinski definition) is 6. The van der Waals surface area contributed by atoms with E-state index in [0.717, 1.165) is 4.52 Å². The molecule has 0 aromatic carbocycles. The van der Waals surface area contributed by atoms with Crippen LogP contribution in [-0.2, 0) is 4.74 Å². The molecular weight excluding hydrogens is 302 g/mol. The highest BCUT2D eigenvalue weighted by molar-refractivity contribution is 5.37. The number of H-pyrrole nitrogens is 1. The highest BCUT2D eigenvalue weighted by Crippen LogP contribution is 2.41. The number of aryl methyl sites for hydroxylation is 1. The van der Waals surface area contributed by atoms with Crippen molar-refractivity contribution in [1.82, 2.24) is 19.6 Å². The Morgan fingerprint density at radius 1 is 1.59 bits per heavy atom. The molecule has 3 rings (SSSR count). The molecule has 1 fully saturated rings. The summed E-state index contributed by atoms with van der Waals surface area (Å²) in [6.07, 6.45) is -4.07. The molecule has 1 aliphatic heterocycles. The maximum atomic E-state index is 14.3. The minimum Gasteiger partial charge on any atom is -0.393 e. The van der Waals surface area contributed by atoms with Crippen molar-refractivity contribution in [2.75, 3.05) is 13.3 Å². The molecule has 0 spiro atoms. The third-order valence-electron chi connectivity index (χ3n) is 3.79. The van der Waals surface area contributed by atoms with E-state index in [4.69, 9.17) is 4.74 Å². The van der Waals surface area contributed by atoms with Gasteiger partial charge in [-0.05, 0) is 6.92 Å². The Bertz CT molecular complexity index is 757. The van der Waals surface area contributed by atoms with Gasteiger partial charge in [0, 0.05) is 0 Å². The van der Waals surface area contributed by atoms with Crippen LogP contribution in [0.5, 0.6) is 0 Å². The number of aliphatic hydroxyl groups excluding tert-OH is 2. The number of nitrogens with one attached hydrogen (secondary N) is 1. The molecule has 0 amide bonds. The lowest BCUT2D eigenvalue weighted by atomic mass is 9.97. The third-order valence-corrected chi connectivity index (χ3v) is 3.79. The number of imidazole rings is 1. The van der Waals surface area contributed by atoms with E-state index in [-0.39, 0.29) is 17.2 Å². The molecule has 8 nitrogen and oxygen atoms in total. The van der Waals surface area contributed by atoms with Crippen LogP contribution in [0.3, 0.4) is 0 Å². The second kappa shape index (κ2) is 5.07. The van der Waals surface area contributed by atoms with Crippen molar-refractivity contribution in [3.63, 3.8) is 0 Å². The molecule has 0 aliphatic carbocycles. The first-order valence-electron chi connectivity index (χ1n) is 6.55. The zero-order chi connectivity index (χ0) is 16.1. The fourth-order valence-corrected chi connectivity index (χ4v) is 2.56. The molecule has 0 bridgehead atoms. The minimum atomic E-state index is -2.04. The summed E-state index contributed by atoms with van der Waals surface area (Å²) in [7, 11) is 0. The van der Waals surface area contributed by atoms with Gasteiger partial charge >= 0.3 is 0 Å². The van der Waals surface area contributed by atoms with Crippen LogP contribution >= 0.6 is 0 Å². The Morgan fingerprint density at radius 3 is 2.91 bits per heavy atom. The monoisotopic (exact) mass is 316 g/mol. The molecule has 1 aliphatic rings. The van der Waals surface area contributed by atoms with Gasteiger partial charge in [0.05, 0.1) is 18.5 Å². The van der Waals surface area contributed by atoms with Gasteiger partial charge in [-0.2, -0.15) is 5.10 Å². The molecule has 0 unspecified atom stereocenters. The summed E-state index contributed by atoms with van der Waals surface area (Å²) in [5.41, 5.74) is -2.58. The van der Waals surface area contributed by atoms with Gasteiger partial charge in [0.1, 0.15) is 30.3 Å². The van der Waals surface area contributed by atoms with E-state index in [1.165, 1.54) is 13.1 Å². The number of aromatic nitrogens is 4. The smallest absolute Gasteiger partial charge is 0.294 e. The van der Waals surface area contributed by atoms with E-state index in [1.54, 1.807) is 0 Å².